The Kier molecular flexibility index (Phi) is 8.16. The Labute approximate surface area is 291 Å². The van der Waals surface area contributed by atoms with Crippen LogP contribution in [0.15, 0.2) is 30.5 Å². The maximum atomic E-state index is 17.4. The van der Waals surface area contributed by atoms with Gasteiger partial charge in [-0.15, -0.1) is 11.3 Å². The number of fused-ring (bicyclic) bond motifs is 1. The number of halogens is 3. The van der Waals surface area contributed by atoms with E-state index in [0.29, 0.717) is 11.6 Å². The predicted molar refractivity (Wildman–Crippen MR) is 189 cm³/mol. The average Bonchev–Trinajstić information content (AvgIpc) is 3.61. The van der Waals surface area contributed by atoms with Gasteiger partial charge in [0.25, 0.3) is 0 Å². The number of hydrogen-bond acceptors (Lipinski definition) is 11. The number of likely N-dealkylation sites (N-methyl/N-ethyl adjacent to an activating group) is 1. The highest BCUT2D eigenvalue weighted by Gasteiger charge is 2.40. The largest absolute Gasteiger partial charge is 0.489 e. The molecule has 254 valence electrons. The molecule has 1 unspecified atom stereocenters. The first-order valence-corrected chi connectivity index (χ1v) is 17.2. The smallest absolute Gasteiger partial charge is 0.319 e. The van der Waals surface area contributed by atoms with Crippen molar-refractivity contribution in [3.8, 4) is 29.0 Å². The van der Waals surface area contributed by atoms with Crippen LogP contribution in [0.4, 0.5) is 25.4 Å². The minimum absolute atomic E-state index is 0.0295. The lowest BCUT2D eigenvalue weighted by Gasteiger charge is -2.37. The molecule has 3 aromatic heterocycles. The zero-order valence-corrected chi connectivity index (χ0v) is 29.2. The fourth-order valence-corrected chi connectivity index (χ4v) is 8.71. The van der Waals surface area contributed by atoms with Gasteiger partial charge in [-0.3, -0.25) is 4.90 Å². The van der Waals surface area contributed by atoms with E-state index in [4.69, 9.17) is 42.5 Å². The van der Waals surface area contributed by atoms with E-state index in [9.17, 15) is 5.26 Å². The van der Waals surface area contributed by atoms with Gasteiger partial charge in [-0.1, -0.05) is 23.7 Å². The van der Waals surface area contributed by atoms with E-state index in [1.165, 1.54) is 12.1 Å². The Bertz CT molecular complexity index is 2190. The molecule has 2 aromatic carbocycles. The Balaban J connectivity index is 1.53. The molecule has 0 amide bonds. The topological polar surface area (TPSA) is 139 Å². The van der Waals surface area contributed by atoms with Crippen LogP contribution in [0.25, 0.3) is 32.1 Å². The average molecular weight is 705 g/mol. The van der Waals surface area contributed by atoms with E-state index in [2.05, 4.69) is 23.0 Å². The number of pyridine rings is 1. The van der Waals surface area contributed by atoms with Gasteiger partial charge < -0.3 is 25.8 Å². The molecule has 49 heavy (non-hydrogen) atoms. The minimum atomic E-state index is -0.804. The Hall–Kier alpha value is -4.51. The van der Waals surface area contributed by atoms with Gasteiger partial charge in [-0.2, -0.15) is 15.2 Å². The van der Waals surface area contributed by atoms with Crippen molar-refractivity contribution in [3.63, 3.8) is 0 Å². The first kappa shape index (κ1) is 33.0. The van der Waals surface area contributed by atoms with Crippen LogP contribution in [0.1, 0.15) is 57.7 Å². The van der Waals surface area contributed by atoms with E-state index in [1.54, 1.807) is 12.3 Å². The first-order valence-electron chi connectivity index (χ1n) is 16.0. The number of nitrogen functional groups attached to an aromatic ring is 2. The third-order valence-corrected chi connectivity index (χ3v) is 11.1. The van der Waals surface area contributed by atoms with E-state index in [-0.39, 0.29) is 84.2 Å². The molecular weight excluding hydrogens is 670 g/mol. The van der Waals surface area contributed by atoms with Gasteiger partial charge in [-0.05, 0) is 71.8 Å². The van der Waals surface area contributed by atoms with Gasteiger partial charge in [0.15, 0.2) is 11.6 Å². The Morgan fingerprint density at radius 1 is 1.20 bits per heavy atom. The summed E-state index contributed by atoms with van der Waals surface area (Å²) in [6.45, 7) is 8.94. The number of likely N-dealkylation sites (tertiary alicyclic amines) is 1. The van der Waals surface area contributed by atoms with Crippen molar-refractivity contribution in [1.82, 2.24) is 19.9 Å². The molecule has 10 nitrogen and oxygen atoms in total. The molecule has 14 heteroatoms. The monoisotopic (exact) mass is 704 g/mol. The summed E-state index contributed by atoms with van der Waals surface area (Å²) in [4.78, 5) is 18.2. The van der Waals surface area contributed by atoms with Crippen molar-refractivity contribution in [2.75, 3.05) is 36.6 Å². The second kappa shape index (κ2) is 12.1. The minimum Gasteiger partial charge on any atom is -0.489 e. The number of nitriles is 1. The van der Waals surface area contributed by atoms with Gasteiger partial charge in [0.1, 0.15) is 46.2 Å². The number of thiophene rings is 1. The second-order valence-corrected chi connectivity index (χ2v) is 14.6. The molecule has 0 radical (unpaired) electrons. The highest BCUT2D eigenvalue weighted by atomic mass is 35.5. The van der Waals surface area contributed by atoms with E-state index in [0.717, 1.165) is 36.3 Å². The van der Waals surface area contributed by atoms with Crippen molar-refractivity contribution in [2.45, 2.75) is 64.3 Å². The van der Waals surface area contributed by atoms with E-state index >= 15 is 8.78 Å². The summed E-state index contributed by atoms with van der Waals surface area (Å²) in [5.41, 5.74) is 12.5. The van der Waals surface area contributed by atoms with E-state index in [1.807, 2.05) is 38.7 Å². The van der Waals surface area contributed by atoms with Crippen LogP contribution in [0, 0.1) is 23.0 Å². The summed E-state index contributed by atoms with van der Waals surface area (Å²) in [7, 11) is 2.05. The standard InChI is InChI=1S/C35H35ClF2N8O2S/c1-16-15-47-29-25-28(27(38)24(26(29)36)19-10-11-21(37)30-23(19)20(14-39)32(41)49-30)43-34(48-35(3,4)22-9-7-13-45(22)5)44-33(25)46(16)17(2)18-8-6-12-42-31(18)40/h6,8,10-12,16-17,22H,7,9,13,15,41H2,1-5H3,(H2,40,42)/t16-,17+,22?/m0/s1. The molecule has 2 aliphatic rings. The number of hydrogen-bond donors (Lipinski definition) is 2. The SMILES string of the molecule is C[C@H](c1cccnc1N)N1c2nc(OC(C)(C)C3CCCN3C)nc3c(F)c(-c4ccc(F)c5sc(N)c(C#N)c45)c(Cl)c(c23)OC[C@@H]1C. The predicted octanol–water partition coefficient (Wildman–Crippen LogP) is 7.47. The van der Waals surface area contributed by atoms with Crippen LogP contribution >= 0.6 is 22.9 Å². The van der Waals surface area contributed by atoms with Crippen LogP contribution in [0.3, 0.4) is 0 Å². The maximum absolute atomic E-state index is 17.4. The number of nitrogens with two attached hydrogens (primary N) is 2. The quantitative estimate of drug-likeness (QED) is 0.183. The first-order chi connectivity index (χ1) is 23.3. The third kappa shape index (κ3) is 5.24. The van der Waals surface area contributed by atoms with Gasteiger partial charge >= 0.3 is 6.01 Å². The zero-order chi connectivity index (χ0) is 34.9. The van der Waals surface area contributed by atoms with Gasteiger partial charge in [0.2, 0.25) is 0 Å². The molecule has 0 bridgehead atoms. The fraction of sp³-hybridized carbons (Fsp3) is 0.371. The fourth-order valence-electron chi connectivity index (χ4n) is 7.43. The molecule has 5 aromatic rings. The van der Waals surface area contributed by atoms with Crippen molar-refractivity contribution in [1.29, 1.82) is 5.26 Å². The normalized spacial score (nSPS) is 18.8. The number of benzene rings is 2. The maximum Gasteiger partial charge on any atom is 0.319 e. The van der Waals surface area contributed by atoms with Crippen molar-refractivity contribution < 1.29 is 18.3 Å². The van der Waals surface area contributed by atoms with Crippen LogP contribution in [-0.2, 0) is 0 Å². The zero-order valence-electron chi connectivity index (χ0n) is 27.6. The second-order valence-electron chi connectivity index (χ2n) is 13.2. The summed E-state index contributed by atoms with van der Waals surface area (Å²) in [5.74, 6) is -0.537. The summed E-state index contributed by atoms with van der Waals surface area (Å²) >= 11 is 8.02. The number of ether oxygens (including phenoxy) is 2. The summed E-state index contributed by atoms with van der Waals surface area (Å²) in [6, 6.07) is 7.68. The van der Waals surface area contributed by atoms with Crippen LogP contribution < -0.4 is 25.8 Å². The number of nitrogens with zero attached hydrogens (tertiary/aromatic N) is 6. The van der Waals surface area contributed by atoms with Crippen LogP contribution in [-0.4, -0.2) is 57.7 Å². The van der Waals surface area contributed by atoms with E-state index < -0.39 is 17.2 Å². The third-order valence-electron chi connectivity index (χ3n) is 9.75. The highest BCUT2D eigenvalue weighted by molar-refractivity contribution is 7.23. The highest BCUT2D eigenvalue weighted by Crippen LogP contribution is 2.52. The Morgan fingerprint density at radius 3 is 2.67 bits per heavy atom. The molecule has 3 atom stereocenters. The molecule has 0 aliphatic carbocycles. The summed E-state index contributed by atoms with van der Waals surface area (Å²) in [5, 5.41) is 10.4. The molecule has 2 aliphatic heterocycles. The van der Waals surface area contributed by atoms with Crippen LogP contribution in [0.5, 0.6) is 11.8 Å². The molecule has 0 spiro atoms. The molecule has 0 saturated carbocycles. The number of anilines is 3. The molecule has 1 fully saturated rings. The lowest BCUT2D eigenvalue weighted by atomic mass is 9.96. The van der Waals surface area contributed by atoms with Crippen molar-refractivity contribution in [2.24, 2.45) is 0 Å². The number of rotatable bonds is 6. The number of aromatic nitrogens is 3. The summed E-state index contributed by atoms with van der Waals surface area (Å²) < 4.78 is 45.5. The van der Waals surface area contributed by atoms with Gasteiger partial charge in [0.05, 0.1) is 32.8 Å². The molecule has 5 heterocycles. The van der Waals surface area contributed by atoms with Gasteiger partial charge in [0, 0.05) is 28.8 Å². The Morgan fingerprint density at radius 2 is 1.98 bits per heavy atom. The van der Waals surface area contributed by atoms with Crippen molar-refractivity contribution >= 4 is 60.6 Å². The summed E-state index contributed by atoms with van der Waals surface area (Å²) in [6.07, 6.45) is 3.56. The molecule has 1 saturated heterocycles. The lowest BCUT2D eigenvalue weighted by molar-refractivity contribution is 0.0218. The van der Waals surface area contributed by atoms with Crippen LogP contribution in [0.2, 0.25) is 5.02 Å². The lowest BCUT2D eigenvalue weighted by Crippen LogP contribution is -2.48. The molecule has 7 rings (SSSR count). The van der Waals surface area contributed by atoms with Crippen molar-refractivity contribution in [3.05, 3.63) is 58.2 Å². The molecular formula is C35H35ClF2N8O2S. The van der Waals surface area contributed by atoms with Gasteiger partial charge in [-0.25, -0.2) is 13.8 Å². The molecule has 4 N–H and O–H groups in total.